The minimum Gasteiger partial charge on any atom is -0.350 e. The van der Waals surface area contributed by atoms with Gasteiger partial charge in [0.25, 0.3) is 5.91 Å². The monoisotopic (exact) mass is 395 g/mol. The van der Waals surface area contributed by atoms with Crippen LogP contribution in [0.25, 0.3) is 0 Å². The standard InChI is InChI=1S/C19H29N3O4S/c1-3-12-21(16(2)23)15-11-20-19(24)17-7-9-18(10-8-17)27(25,26)22-13-5-4-6-14-22/h7-10H,3-6,11-15H2,1-2H3,(H,20,24). The summed E-state index contributed by atoms with van der Waals surface area (Å²) in [7, 11) is -3.49. The number of carbonyl (C=O) groups excluding carboxylic acids is 2. The van der Waals surface area contributed by atoms with Crippen LogP contribution in [0.15, 0.2) is 29.2 Å². The molecule has 0 unspecified atom stereocenters. The van der Waals surface area contributed by atoms with Crippen LogP contribution in [0.5, 0.6) is 0 Å². The van der Waals surface area contributed by atoms with Crippen LogP contribution >= 0.6 is 0 Å². The highest BCUT2D eigenvalue weighted by Gasteiger charge is 2.25. The molecule has 0 radical (unpaired) electrons. The predicted molar refractivity (Wildman–Crippen MR) is 104 cm³/mol. The zero-order valence-electron chi connectivity index (χ0n) is 16.1. The molecule has 150 valence electrons. The number of hydrogen-bond donors (Lipinski definition) is 1. The molecule has 27 heavy (non-hydrogen) atoms. The van der Waals surface area contributed by atoms with Gasteiger partial charge in [-0.25, -0.2) is 8.42 Å². The maximum Gasteiger partial charge on any atom is 0.251 e. The number of rotatable bonds is 8. The number of benzene rings is 1. The van der Waals surface area contributed by atoms with E-state index < -0.39 is 10.0 Å². The van der Waals surface area contributed by atoms with Crippen LogP contribution in [0.3, 0.4) is 0 Å². The van der Waals surface area contributed by atoms with Crippen molar-refractivity contribution < 1.29 is 18.0 Å². The highest BCUT2D eigenvalue weighted by Crippen LogP contribution is 2.20. The van der Waals surface area contributed by atoms with E-state index in [0.717, 1.165) is 25.7 Å². The van der Waals surface area contributed by atoms with E-state index in [-0.39, 0.29) is 16.7 Å². The average Bonchev–Trinajstić information content (AvgIpc) is 2.67. The zero-order chi connectivity index (χ0) is 19.9. The van der Waals surface area contributed by atoms with Gasteiger partial charge in [-0.3, -0.25) is 9.59 Å². The van der Waals surface area contributed by atoms with Crippen LogP contribution in [0, 0.1) is 0 Å². The van der Waals surface area contributed by atoms with E-state index in [1.807, 2.05) is 6.92 Å². The fraction of sp³-hybridized carbons (Fsp3) is 0.579. The van der Waals surface area contributed by atoms with E-state index in [1.165, 1.54) is 35.5 Å². The lowest BCUT2D eigenvalue weighted by Crippen LogP contribution is -2.38. The molecule has 1 aliphatic rings. The summed E-state index contributed by atoms with van der Waals surface area (Å²) in [5.74, 6) is -0.296. The fourth-order valence-corrected chi connectivity index (χ4v) is 4.65. The van der Waals surface area contributed by atoms with Gasteiger partial charge in [-0.15, -0.1) is 0 Å². The molecule has 0 aliphatic carbocycles. The van der Waals surface area contributed by atoms with Crippen LogP contribution < -0.4 is 5.32 Å². The molecule has 7 nitrogen and oxygen atoms in total. The molecule has 1 aromatic rings. The molecule has 8 heteroatoms. The van der Waals surface area contributed by atoms with Gasteiger partial charge in [0.1, 0.15) is 0 Å². The first-order valence-electron chi connectivity index (χ1n) is 9.50. The predicted octanol–water partition coefficient (Wildman–Crippen LogP) is 1.85. The summed E-state index contributed by atoms with van der Waals surface area (Å²) in [6, 6.07) is 6.03. The van der Waals surface area contributed by atoms with E-state index in [2.05, 4.69) is 5.32 Å². The number of piperidine rings is 1. The fourth-order valence-electron chi connectivity index (χ4n) is 3.14. The lowest BCUT2D eigenvalue weighted by Gasteiger charge is -2.25. The van der Waals surface area contributed by atoms with E-state index in [4.69, 9.17) is 0 Å². The highest BCUT2D eigenvalue weighted by atomic mass is 32.2. The summed E-state index contributed by atoms with van der Waals surface area (Å²) in [6.07, 6.45) is 3.69. The summed E-state index contributed by atoms with van der Waals surface area (Å²) in [6.45, 7) is 6.08. The Kier molecular flexibility index (Phi) is 7.79. The van der Waals surface area contributed by atoms with Gasteiger partial charge >= 0.3 is 0 Å². The van der Waals surface area contributed by atoms with E-state index in [1.54, 1.807) is 4.90 Å². The highest BCUT2D eigenvalue weighted by molar-refractivity contribution is 7.89. The smallest absolute Gasteiger partial charge is 0.251 e. The van der Waals surface area contributed by atoms with Gasteiger partial charge in [0.05, 0.1) is 4.90 Å². The Labute approximate surface area is 161 Å². The van der Waals surface area contributed by atoms with Crippen molar-refractivity contribution in [1.82, 2.24) is 14.5 Å². The van der Waals surface area contributed by atoms with E-state index in [9.17, 15) is 18.0 Å². The SMILES string of the molecule is CCCN(CCNC(=O)c1ccc(S(=O)(=O)N2CCCCC2)cc1)C(C)=O. The summed E-state index contributed by atoms with van der Waals surface area (Å²) in [5.41, 5.74) is 0.400. The van der Waals surface area contributed by atoms with Crippen LogP contribution in [0.2, 0.25) is 0 Å². The third kappa shape index (κ3) is 5.77. The first kappa shape index (κ1) is 21.4. The molecule has 1 fully saturated rings. The van der Waals surface area contributed by atoms with E-state index in [0.29, 0.717) is 38.3 Å². The lowest BCUT2D eigenvalue weighted by atomic mass is 10.2. The lowest BCUT2D eigenvalue weighted by molar-refractivity contribution is -0.128. The van der Waals surface area contributed by atoms with Gasteiger partial charge in [-0.2, -0.15) is 4.31 Å². The number of nitrogens with one attached hydrogen (secondary N) is 1. The van der Waals surface area contributed by atoms with Gasteiger partial charge < -0.3 is 10.2 Å². The van der Waals surface area contributed by atoms with Crippen molar-refractivity contribution in [3.8, 4) is 0 Å². The number of sulfonamides is 1. The maximum absolute atomic E-state index is 12.6. The first-order chi connectivity index (χ1) is 12.9. The summed E-state index contributed by atoms with van der Waals surface area (Å²) in [4.78, 5) is 25.6. The Balaban J connectivity index is 1.94. The largest absolute Gasteiger partial charge is 0.350 e. The van der Waals surface area contributed by atoms with E-state index >= 15 is 0 Å². The van der Waals surface area contributed by atoms with Crippen LogP contribution in [-0.4, -0.2) is 62.2 Å². The normalized spacial score (nSPS) is 15.3. The molecule has 1 aliphatic heterocycles. The second-order valence-corrected chi connectivity index (χ2v) is 8.69. The van der Waals surface area contributed by atoms with Crippen LogP contribution in [-0.2, 0) is 14.8 Å². The second-order valence-electron chi connectivity index (χ2n) is 6.75. The maximum atomic E-state index is 12.6. The summed E-state index contributed by atoms with van der Waals surface area (Å²) >= 11 is 0. The summed E-state index contributed by atoms with van der Waals surface area (Å²) < 4.78 is 26.8. The summed E-state index contributed by atoms with van der Waals surface area (Å²) in [5, 5.41) is 2.77. The molecule has 1 heterocycles. The second kappa shape index (κ2) is 9.85. The minimum atomic E-state index is -3.49. The Bertz CT molecular complexity index is 741. The molecule has 0 aromatic heterocycles. The Hall–Kier alpha value is -1.93. The Morgan fingerprint density at radius 2 is 1.70 bits per heavy atom. The van der Waals surface area contributed by atoms with Crippen molar-refractivity contribution in [3.05, 3.63) is 29.8 Å². The molecular weight excluding hydrogens is 366 g/mol. The van der Waals surface area contributed by atoms with Gasteiger partial charge in [0.15, 0.2) is 0 Å². The molecule has 1 aromatic carbocycles. The third-order valence-electron chi connectivity index (χ3n) is 4.68. The topological polar surface area (TPSA) is 86.8 Å². The van der Waals surface area contributed by atoms with Crippen molar-refractivity contribution >= 4 is 21.8 Å². The van der Waals surface area contributed by atoms with Crippen LogP contribution in [0.4, 0.5) is 0 Å². The molecule has 1 saturated heterocycles. The molecule has 2 amide bonds. The third-order valence-corrected chi connectivity index (χ3v) is 6.59. The molecule has 1 N–H and O–H groups in total. The molecule has 0 atom stereocenters. The average molecular weight is 396 g/mol. The molecule has 0 spiro atoms. The van der Waals surface area contributed by atoms with Gasteiger partial charge in [0, 0.05) is 45.2 Å². The zero-order valence-corrected chi connectivity index (χ0v) is 16.9. The Morgan fingerprint density at radius 1 is 1.07 bits per heavy atom. The first-order valence-corrected chi connectivity index (χ1v) is 10.9. The van der Waals surface area contributed by atoms with Gasteiger partial charge in [-0.05, 0) is 43.5 Å². The number of hydrogen-bond acceptors (Lipinski definition) is 4. The quantitative estimate of drug-likeness (QED) is 0.728. The number of nitrogens with zero attached hydrogens (tertiary/aromatic N) is 2. The van der Waals surface area contributed by atoms with Crippen LogP contribution in [0.1, 0.15) is 49.9 Å². The Morgan fingerprint density at radius 3 is 2.26 bits per heavy atom. The van der Waals surface area contributed by atoms with Crippen molar-refractivity contribution in [1.29, 1.82) is 0 Å². The van der Waals surface area contributed by atoms with Gasteiger partial charge in [-0.1, -0.05) is 13.3 Å². The van der Waals surface area contributed by atoms with Crippen molar-refractivity contribution in [3.63, 3.8) is 0 Å². The molecule has 2 rings (SSSR count). The van der Waals surface area contributed by atoms with Crippen molar-refractivity contribution in [2.45, 2.75) is 44.4 Å². The minimum absolute atomic E-state index is 0.0154. The van der Waals surface area contributed by atoms with Crippen molar-refractivity contribution in [2.75, 3.05) is 32.7 Å². The number of carbonyl (C=O) groups is 2. The molecular formula is C19H29N3O4S. The van der Waals surface area contributed by atoms with Gasteiger partial charge in [0.2, 0.25) is 15.9 Å². The van der Waals surface area contributed by atoms with Crippen molar-refractivity contribution in [2.24, 2.45) is 0 Å². The molecule has 0 saturated carbocycles. The number of amides is 2. The molecule has 0 bridgehead atoms.